The number of hydrogen-bond acceptors (Lipinski definition) is 4. The van der Waals surface area contributed by atoms with Crippen molar-refractivity contribution in [2.24, 2.45) is 0 Å². The molecule has 21 heavy (non-hydrogen) atoms. The summed E-state index contributed by atoms with van der Waals surface area (Å²) in [6, 6.07) is 4.86. The van der Waals surface area contributed by atoms with Crippen LogP contribution in [0.5, 0.6) is 0 Å². The van der Waals surface area contributed by atoms with Gasteiger partial charge in [-0.3, -0.25) is 5.10 Å². The first kappa shape index (κ1) is 15.9. The highest BCUT2D eigenvalue weighted by Crippen LogP contribution is 2.29. The normalized spacial score (nSPS) is 11.7. The molecule has 1 heterocycles. The van der Waals surface area contributed by atoms with E-state index in [0.717, 1.165) is 11.8 Å². The van der Waals surface area contributed by atoms with Crippen molar-refractivity contribution in [3.63, 3.8) is 0 Å². The lowest BCUT2D eigenvalue weighted by Crippen LogP contribution is -1.97. The van der Waals surface area contributed by atoms with Gasteiger partial charge in [0.25, 0.3) is 0 Å². The predicted octanol–water partition coefficient (Wildman–Crippen LogP) is 3.89. The summed E-state index contributed by atoms with van der Waals surface area (Å²) in [4.78, 5) is 15.6. The Bertz CT molecular complexity index is 700. The molecule has 0 aliphatic carbocycles. The number of halogens is 2. The number of aromatic amines is 1. The molecule has 5 nitrogen and oxygen atoms in total. The zero-order chi connectivity index (χ0) is 15.4. The lowest BCUT2D eigenvalue weighted by atomic mass is 10.2. The highest BCUT2D eigenvalue weighted by atomic mass is 35.5. The van der Waals surface area contributed by atoms with Crippen molar-refractivity contribution in [2.45, 2.75) is 18.5 Å². The van der Waals surface area contributed by atoms with Gasteiger partial charge in [-0.1, -0.05) is 36.2 Å². The molecule has 0 aliphatic rings. The molecular weight excluding hydrogens is 333 g/mol. The Balaban J connectivity index is 2.29. The number of aliphatic carboxylic acids is 1. The number of carboxylic acid groups (broad SMARTS) is 1. The Morgan fingerprint density at radius 2 is 2.24 bits per heavy atom. The second-order valence-corrected chi connectivity index (χ2v) is 5.85. The molecule has 0 saturated heterocycles. The van der Waals surface area contributed by atoms with E-state index < -0.39 is 5.97 Å². The van der Waals surface area contributed by atoms with Crippen LogP contribution < -0.4 is 0 Å². The predicted molar refractivity (Wildman–Crippen MR) is 83.7 cm³/mol. The number of aryl methyl sites for hydroxylation is 1. The van der Waals surface area contributed by atoms with E-state index in [0.29, 0.717) is 33.0 Å². The third kappa shape index (κ3) is 4.23. The van der Waals surface area contributed by atoms with Crippen molar-refractivity contribution in [3.8, 4) is 0 Å². The van der Waals surface area contributed by atoms with Gasteiger partial charge in [0.1, 0.15) is 10.7 Å². The van der Waals surface area contributed by atoms with Crippen LogP contribution in [0.2, 0.25) is 10.0 Å². The van der Waals surface area contributed by atoms with Crippen LogP contribution in [-0.4, -0.2) is 26.3 Å². The van der Waals surface area contributed by atoms with E-state index in [9.17, 15) is 9.90 Å². The Labute approximate surface area is 135 Å². The minimum atomic E-state index is -1.08. The van der Waals surface area contributed by atoms with Crippen LogP contribution in [0.1, 0.15) is 18.3 Å². The van der Waals surface area contributed by atoms with Gasteiger partial charge in [-0.05, 0) is 35.5 Å². The van der Waals surface area contributed by atoms with Crippen LogP contribution >= 0.6 is 35.0 Å². The Kier molecular flexibility index (Phi) is 5.27. The van der Waals surface area contributed by atoms with Crippen molar-refractivity contribution in [1.29, 1.82) is 0 Å². The monoisotopic (exact) mass is 343 g/mol. The summed E-state index contributed by atoms with van der Waals surface area (Å²) in [6.07, 6.45) is 2.16. The number of carbonyl (C=O) groups is 1. The smallest absolute Gasteiger partial charge is 0.342 e. The molecule has 1 aromatic heterocycles. The maximum atomic E-state index is 11.3. The van der Waals surface area contributed by atoms with Crippen molar-refractivity contribution >= 4 is 47.0 Å². The fraction of sp³-hybridized carbons (Fsp3) is 0.154. The molecule has 110 valence electrons. The van der Waals surface area contributed by atoms with Crippen LogP contribution in [-0.2, 0) is 11.2 Å². The van der Waals surface area contributed by atoms with Crippen LogP contribution in [0.4, 0.5) is 0 Å². The van der Waals surface area contributed by atoms with Crippen molar-refractivity contribution in [2.75, 3.05) is 0 Å². The van der Waals surface area contributed by atoms with E-state index in [-0.39, 0.29) is 4.91 Å². The lowest BCUT2D eigenvalue weighted by molar-refractivity contribution is -0.131. The van der Waals surface area contributed by atoms with Crippen LogP contribution in [0.15, 0.2) is 28.3 Å². The number of thioether (sulfide) groups is 1. The van der Waals surface area contributed by atoms with Crippen molar-refractivity contribution in [1.82, 2.24) is 15.2 Å². The first-order valence-electron chi connectivity index (χ1n) is 5.98. The molecule has 0 radical (unpaired) electrons. The van der Waals surface area contributed by atoms with E-state index >= 15 is 0 Å². The Morgan fingerprint density at radius 1 is 1.48 bits per heavy atom. The zero-order valence-electron chi connectivity index (χ0n) is 10.9. The molecule has 0 bridgehead atoms. The molecule has 0 fully saturated rings. The van der Waals surface area contributed by atoms with E-state index in [4.69, 9.17) is 23.2 Å². The number of hydrogen-bond donors (Lipinski definition) is 2. The van der Waals surface area contributed by atoms with E-state index in [1.54, 1.807) is 18.2 Å². The van der Waals surface area contributed by atoms with Crippen LogP contribution in [0.3, 0.4) is 0 Å². The van der Waals surface area contributed by atoms with Gasteiger partial charge in [0.15, 0.2) is 0 Å². The largest absolute Gasteiger partial charge is 0.477 e. The van der Waals surface area contributed by atoms with Gasteiger partial charge < -0.3 is 5.11 Å². The second-order valence-electron chi connectivity index (χ2n) is 4.00. The SMILES string of the molecule is CCc1nc(S/C(=C\c2ccc(Cl)cc2Cl)C(=O)O)n[nH]1. The average Bonchev–Trinajstić information content (AvgIpc) is 2.88. The van der Waals surface area contributed by atoms with E-state index in [1.807, 2.05) is 6.92 Å². The van der Waals surface area contributed by atoms with Crippen LogP contribution in [0, 0.1) is 0 Å². The molecule has 0 spiro atoms. The summed E-state index contributed by atoms with van der Waals surface area (Å²) in [5.41, 5.74) is 0.567. The van der Waals surface area contributed by atoms with Gasteiger partial charge >= 0.3 is 5.97 Å². The quantitative estimate of drug-likeness (QED) is 0.635. The number of rotatable bonds is 5. The maximum absolute atomic E-state index is 11.3. The van der Waals surface area contributed by atoms with E-state index in [2.05, 4.69) is 15.2 Å². The van der Waals surface area contributed by atoms with Gasteiger partial charge in [-0.25, -0.2) is 9.78 Å². The molecule has 0 saturated carbocycles. The second kappa shape index (κ2) is 6.98. The lowest BCUT2D eigenvalue weighted by Gasteiger charge is -2.02. The first-order valence-corrected chi connectivity index (χ1v) is 7.56. The summed E-state index contributed by atoms with van der Waals surface area (Å²) in [5, 5.41) is 17.2. The summed E-state index contributed by atoms with van der Waals surface area (Å²) in [7, 11) is 0. The highest BCUT2D eigenvalue weighted by molar-refractivity contribution is 8.04. The summed E-state index contributed by atoms with van der Waals surface area (Å²) >= 11 is 12.8. The third-order valence-electron chi connectivity index (χ3n) is 2.51. The molecule has 1 aromatic carbocycles. The minimum Gasteiger partial charge on any atom is -0.477 e. The molecule has 0 atom stereocenters. The summed E-state index contributed by atoms with van der Waals surface area (Å²) in [6.45, 7) is 1.93. The molecule has 2 rings (SSSR count). The van der Waals surface area contributed by atoms with Gasteiger partial charge in [0.05, 0.1) is 0 Å². The third-order valence-corrected chi connectivity index (χ3v) is 3.95. The van der Waals surface area contributed by atoms with E-state index in [1.165, 1.54) is 6.08 Å². The number of benzene rings is 1. The molecule has 2 N–H and O–H groups in total. The molecule has 0 amide bonds. The fourth-order valence-corrected chi connectivity index (χ4v) is 2.65. The number of nitrogens with zero attached hydrogens (tertiary/aromatic N) is 2. The Hall–Kier alpha value is -1.50. The molecule has 0 unspecified atom stereocenters. The number of nitrogens with one attached hydrogen (secondary N) is 1. The maximum Gasteiger partial charge on any atom is 0.342 e. The van der Waals surface area contributed by atoms with Gasteiger partial charge in [-0.15, -0.1) is 5.10 Å². The molecule has 0 aliphatic heterocycles. The Morgan fingerprint density at radius 3 is 2.81 bits per heavy atom. The number of aromatic nitrogens is 3. The molecule has 8 heteroatoms. The van der Waals surface area contributed by atoms with Crippen molar-refractivity contribution in [3.05, 3.63) is 44.5 Å². The van der Waals surface area contributed by atoms with Gasteiger partial charge in [-0.2, -0.15) is 0 Å². The topological polar surface area (TPSA) is 78.9 Å². The standard InChI is InChI=1S/C13H11Cl2N3O2S/c1-2-11-16-13(18-17-11)21-10(12(19)20)5-7-3-4-8(14)6-9(7)15/h3-6H,2H2,1H3,(H,19,20)(H,16,17,18)/b10-5-. The summed E-state index contributed by atoms with van der Waals surface area (Å²) in [5.74, 6) is -0.374. The van der Waals surface area contributed by atoms with Gasteiger partial charge in [0.2, 0.25) is 5.16 Å². The highest BCUT2D eigenvalue weighted by Gasteiger charge is 2.14. The zero-order valence-corrected chi connectivity index (χ0v) is 13.3. The molecular formula is C13H11Cl2N3O2S. The van der Waals surface area contributed by atoms with Gasteiger partial charge in [0, 0.05) is 16.5 Å². The molecule has 2 aromatic rings. The summed E-state index contributed by atoms with van der Waals surface area (Å²) < 4.78 is 0. The first-order chi connectivity index (χ1) is 9.99. The van der Waals surface area contributed by atoms with Crippen molar-refractivity contribution < 1.29 is 9.90 Å². The number of H-pyrrole nitrogens is 1. The number of carboxylic acids is 1. The fourth-order valence-electron chi connectivity index (χ4n) is 1.47. The average molecular weight is 344 g/mol. The minimum absolute atomic E-state index is 0.0703. The van der Waals surface area contributed by atoms with Crippen LogP contribution in [0.25, 0.3) is 6.08 Å².